The van der Waals surface area contributed by atoms with E-state index >= 15 is 0 Å². The molecule has 4 N–H and O–H groups in total. The Kier molecular flexibility index (Phi) is 8.81. The fourth-order valence-electron chi connectivity index (χ4n) is 10.3. The Labute approximate surface area is 417 Å². The number of fused-ring (bicyclic) bond motifs is 18. The zero-order valence-corrected chi connectivity index (χ0v) is 42.1. The molecule has 0 fully saturated rings. The minimum absolute atomic E-state index is 0.0671. The molecule has 4 aliphatic heterocycles. The van der Waals surface area contributed by atoms with E-state index in [4.69, 9.17) is 30.0 Å². The van der Waals surface area contributed by atoms with Crippen LogP contribution in [0.4, 0.5) is 11.6 Å². The molecule has 25 heteroatoms. The summed E-state index contributed by atoms with van der Waals surface area (Å²) in [7, 11) is -19.1. The SMILES string of the molecule is O=S(=O)(O)c1cccc2cc3c(cc12)C1=NC3=Nc2c3cc4c(S(=O)(=O)O)cccc4cc3c3[n]2[Ga][n]2c(c4cc5cccc(S(=O)(=O)O)c5cc4c2=NC2=NC(=N3)c3cc4c(S(=O)(=O)O)cccc4cc32)=N1. The van der Waals surface area contributed by atoms with Gasteiger partial charge in [-0.2, -0.15) is 0 Å². The van der Waals surface area contributed by atoms with Gasteiger partial charge in [-0.05, 0) is 0 Å². The molecule has 0 unspecified atom stereocenters. The van der Waals surface area contributed by atoms with E-state index in [1.165, 1.54) is 48.5 Å². The maximum atomic E-state index is 12.9. The van der Waals surface area contributed by atoms with Crippen LogP contribution in [0.5, 0.6) is 0 Å². The van der Waals surface area contributed by atoms with Crippen molar-refractivity contribution in [1.82, 2.24) is 6.55 Å². The van der Waals surface area contributed by atoms with E-state index in [9.17, 15) is 51.9 Å². The van der Waals surface area contributed by atoms with Crippen molar-refractivity contribution in [3.63, 3.8) is 0 Å². The van der Waals surface area contributed by atoms with Crippen molar-refractivity contribution >= 4 is 158 Å². The Morgan fingerprint density at radius 2 is 0.644 bits per heavy atom. The predicted molar refractivity (Wildman–Crippen MR) is 270 cm³/mol. The fraction of sp³-hybridized carbons (Fsp3) is 0. The molecule has 73 heavy (non-hydrogen) atoms. The third kappa shape index (κ3) is 6.51. The summed E-state index contributed by atoms with van der Waals surface area (Å²) in [6.07, 6.45) is 0. The van der Waals surface area contributed by atoms with Gasteiger partial charge in [-0.25, -0.2) is 0 Å². The molecule has 0 aliphatic carbocycles. The summed E-state index contributed by atoms with van der Waals surface area (Å²) < 4.78 is 148. The molecule has 355 valence electrons. The number of rotatable bonds is 4. The van der Waals surface area contributed by atoms with Gasteiger partial charge < -0.3 is 0 Å². The van der Waals surface area contributed by atoms with Gasteiger partial charge in [-0.15, -0.1) is 0 Å². The Morgan fingerprint density at radius 1 is 0.329 bits per heavy atom. The van der Waals surface area contributed by atoms with Gasteiger partial charge in [-0.1, -0.05) is 0 Å². The van der Waals surface area contributed by atoms with Crippen LogP contribution in [0, 0.1) is 0 Å². The molecule has 1 radical (unpaired) electrons. The second kappa shape index (κ2) is 14.6. The van der Waals surface area contributed by atoms with Crippen molar-refractivity contribution in [2.75, 3.05) is 0 Å². The van der Waals surface area contributed by atoms with Crippen molar-refractivity contribution < 1.29 is 51.9 Å². The number of hydrogen-bond donors (Lipinski definition) is 4. The molecule has 2 aromatic heterocycles. The summed E-state index contributed by atoms with van der Waals surface area (Å²) in [6, 6.07) is 30.6. The molecule has 20 nitrogen and oxygen atoms in total. The van der Waals surface area contributed by atoms with Gasteiger partial charge in [0.15, 0.2) is 0 Å². The average Bonchev–Trinajstić information content (AvgIpc) is 4.01. The third-order valence-electron chi connectivity index (χ3n) is 13.4. The summed E-state index contributed by atoms with van der Waals surface area (Å²) in [5.74, 6) is 0.818. The third-order valence-corrected chi connectivity index (χ3v) is 20.0. The van der Waals surface area contributed by atoms with Gasteiger partial charge in [0, 0.05) is 0 Å². The predicted octanol–water partition coefficient (Wildman–Crippen LogP) is 6.07. The van der Waals surface area contributed by atoms with Crippen LogP contribution in [0.15, 0.2) is 171 Å². The average molecular weight is 1100 g/mol. The van der Waals surface area contributed by atoms with Crippen LogP contribution in [-0.4, -0.2) is 99.7 Å². The zero-order chi connectivity index (χ0) is 50.4. The topological polar surface area (TPSA) is 302 Å². The van der Waals surface area contributed by atoms with Gasteiger partial charge in [0.2, 0.25) is 0 Å². The van der Waals surface area contributed by atoms with Gasteiger partial charge in [-0.3, -0.25) is 0 Å². The molecule has 0 spiro atoms. The second-order valence-corrected chi connectivity index (χ2v) is 25.7. The standard InChI is InChI=1S/C48H24N8O12S4.Ga/c57-69(58,59)37-9-1-5-21-13-29-33(17-25(21)37)45-49-41(29)53-46-34-18-26-22(6-2-10-38(26)70(60,61)62)14-30(34)43(50-46)55-48-36-20-28-24(8-4-12-40(28)72(66,67)68)16-32(36)44(52-48)56-47-35-19-27-23(15-31(35)42(51-47)54-45)7-3-11-39(27)71(63,64)65;/h1-20H,(H4-2,49,50,51,52,53,54,55,56,57,58,59,60,61,62,63,64,65,66,67,68);/q-2;+2. The first-order valence-corrected chi connectivity index (χ1v) is 29.5. The van der Waals surface area contributed by atoms with Crippen LogP contribution >= 0.6 is 0 Å². The number of amidine groups is 4. The van der Waals surface area contributed by atoms with Crippen LogP contribution in [0.25, 0.3) is 64.6 Å². The molecule has 6 bridgehead atoms. The molecule has 8 aromatic carbocycles. The summed E-state index contributed by atoms with van der Waals surface area (Å²) in [5.41, 5.74) is 1.92. The van der Waals surface area contributed by atoms with Crippen LogP contribution in [-0.2, 0) is 40.5 Å². The molecule has 0 amide bonds. The van der Waals surface area contributed by atoms with Gasteiger partial charge in [0.05, 0.1) is 0 Å². The first-order chi connectivity index (χ1) is 34.7. The van der Waals surface area contributed by atoms with E-state index in [0.29, 0.717) is 65.3 Å². The van der Waals surface area contributed by atoms with E-state index in [2.05, 4.69) is 0 Å². The van der Waals surface area contributed by atoms with E-state index < -0.39 is 58.4 Å². The molecule has 14 rings (SSSR count). The number of aromatic nitrogens is 2. The van der Waals surface area contributed by atoms with Gasteiger partial charge in [0.25, 0.3) is 0 Å². The van der Waals surface area contributed by atoms with E-state index in [1.807, 2.05) is 6.55 Å². The molecule has 10 aromatic rings. The van der Waals surface area contributed by atoms with E-state index in [1.54, 1.807) is 72.8 Å². The first-order valence-electron chi connectivity index (χ1n) is 21.6. The van der Waals surface area contributed by atoms with Crippen LogP contribution in [0.3, 0.4) is 0 Å². The normalized spacial score (nSPS) is 15.1. The quantitative estimate of drug-likeness (QED) is 0.115. The zero-order valence-electron chi connectivity index (χ0n) is 36.4. The van der Waals surface area contributed by atoms with Crippen LogP contribution < -0.4 is 11.0 Å². The van der Waals surface area contributed by atoms with Crippen molar-refractivity contribution in [2.45, 2.75) is 19.6 Å². The summed E-state index contributed by atoms with van der Waals surface area (Å²) >= 11 is -2.47. The fourth-order valence-corrected chi connectivity index (χ4v) is 16.1. The summed E-state index contributed by atoms with van der Waals surface area (Å²) in [6.45, 7) is 0. The second-order valence-electron chi connectivity index (χ2n) is 17.5. The van der Waals surface area contributed by atoms with Crippen molar-refractivity contribution in [1.29, 1.82) is 0 Å². The Balaban J connectivity index is 1.21. The van der Waals surface area contributed by atoms with Crippen molar-refractivity contribution in [3.05, 3.63) is 155 Å². The number of benzene rings is 8. The summed E-state index contributed by atoms with van der Waals surface area (Å²) in [5, 5.41) is 3.76. The number of nitrogens with zero attached hydrogens (tertiary/aromatic N) is 8. The van der Waals surface area contributed by atoms with Crippen molar-refractivity contribution in [3.8, 4) is 0 Å². The number of aliphatic imine (C=N–C) groups is 4. The minimum atomic E-state index is -4.79. The van der Waals surface area contributed by atoms with Crippen LogP contribution in [0.2, 0.25) is 0 Å². The molecule has 4 aliphatic rings. The molecule has 0 saturated heterocycles. The van der Waals surface area contributed by atoms with E-state index in [-0.39, 0.29) is 87.1 Å². The molecule has 0 saturated carbocycles. The maximum absolute atomic E-state index is 12.9. The number of hydrogen-bond acceptors (Lipinski definition) is 14. The first kappa shape index (κ1) is 44.2. The van der Waals surface area contributed by atoms with Crippen LogP contribution in [0.1, 0.15) is 22.3 Å². The monoisotopic (exact) mass is 1100 g/mol. The molecular formula is C48H24GaN8O12S4. The molecule has 0 atom stereocenters. The van der Waals surface area contributed by atoms with E-state index in [0.717, 1.165) is 0 Å². The Hall–Kier alpha value is -7.56. The Morgan fingerprint density at radius 3 is 1.05 bits per heavy atom. The van der Waals surface area contributed by atoms with Crippen molar-refractivity contribution in [2.24, 2.45) is 30.0 Å². The molecule has 6 heterocycles. The molecular weight excluding hydrogens is 1080 g/mol. The van der Waals surface area contributed by atoms with Gasteiger partial charge >= 0.3 is 420 Å². The Bertz CT molecular complexity index is 5180. The summed E-state index contributed by atoms with van der Waals surface area (Å²) in [4.78, 5) is 29.4. The van der Waals surface area contributed by atoms with Gasteiger partial charge in [0.1, 0.15) is 0 Å².